The van der Waals surface area contributed by atoms with Crippen molar-refractivity contribution in [3.8, 4) is 0 Å². The van der Waals surface area contributed by atoms with E-state index in [1.54, 1.807) is 11.3 Å². The van der Waals surface area contributed by atoms with Crippen molar-refractivity contribution >= 4 is 23.3 Å². The molecule has 2 rings (SSSR count). The number of nitrogens with one attached hydrogen (secondary N) is 1. The van der Waals surface area contributed by atoms with E-state index < -0.39 is 5.97 Å². The highest BCUT2D eigenvalue weighted by Gasteiger charge is 2.34. The SMILES string of the molecule is CC(NC(=O)N(CC(=O)O)C1CC1)c1cccs1. The van der Waals surface area contributed by atoms with Gasteiger partial charge in [0.2, 0.25) is 0 Å². The van der Waals surface area contributed by atoms with Crippen molar-refractivity contribution in [1.82, 2.24) is 10.2 Å². The number of carbonyl (C=O) groups excluding carboxylic acids is 1. The molecular formula is C12H16N2O3S. The molecule has 0 radical (unpaired) electrons. The Bertz CT molecular complexity index is 429. The van der Waals surface area contributed by atoms with Crippen LogP contribution in [0.5, 0.6) is 0 Å². The molecule has 2 N–H and O–H groups in total. The second kappa shape index (κ2) is 5.39. The molecule has 0 saturated heterocycles. The van der Waals surface area contributed by atoms with E-state index in [1.165, 1.54) is 4.90 Å². The molecular weight excluding hydrogens is 252 g/mol. The minimum Gasteiger partial charge on any atom is -0.480 e. The van der Waals surface area contributed by atoms with E-state index in [0.717, 1.165) is 17.7 Å². The summed E-state index contributed by atoms with van der Waals surface area (Å²) in [5.74, 6) is -0.971. The molecule has 1 atom stereocenters. The van der Waals surface area contributed by atoms with Gasteiger partial charge in [-0.05, 0) is 31.2 Å². The maximum absolute atomic E-state index is 12.0. The number of thiophene rings is 1. The Kier molecular flexibility index (Phi) is 3.86. The summed E-state index contributed by atoms with van der Waals surface area (Å²) >= 11 is 1.57. The standard InChI is InChI=1S/C12H16N2O3S/c1-8(10-3-2-6-18-10)13-12(17)14(7-11(15)16)9-4-5-9/h2-3,6,8-9H,4-5,7H2,1H3,(H,13,17)(H,15,16). The van der Waals surface area contributed by atoms with Crippen LogP contribution >= 0.6 is 11.3 Å². The van der Waals surface area contributed by atoms with Gasteiger partial charge in [-0.2, -0.15) is 0 Å². The minimum atomic E-state index is -0.971. The van der Waals surface area contributed by atoms with Gasteiger partial charge in [-0.25, -0.2) is 4.79 Å². The number of hydrogen-bond acceptors (Lipinski definition) is 3. The second-order valence-corrected chi connectivity index (χ2v) is 5.42. The Morgan fingerprint density at radius 1 is 1.61 bits per heavy atom. The van der Waals surface area contributed by atoms with E-state index in [-0.39, 0.29) is 24.7 Å². The minimum absolute atomic E-state index is 0.0902. The van der Waals surface area contributed by atoms with Gasteiger partial charge in [-0.1, -0.05) is 6.07 Å². The van der Waals surface area contributed by atoms with Crippen LogP contribution in [0, 0.1) is 0 Å². The Labute approximate surface area is 109 Å². The number of nitrogens with zero attached hydrogens (tertiary/aromatic N) is 1. The summed E-state index contributed by atoms with van der Waals surface area (Å²) in [4.78, 5) is 25.2. The van der Waals surface area contributed by atoms with Gasteiger partial charge in [0.15, 0.2) is 0 Å². The van der Waals surface area contributed by atoms with E-state index in [2.05, 4.69) is 5.32 Å². The Hall–Kier alpha value is -1.56. The number of amides is 2. The van der Waals surface area contributed by atoms with Gasteiger partial charge < -0.3 is 15.3 Å². The van der Waals surface area contributed by atoms with Crippen LogP contribution in [0.4, 0.5) is 4.79 Å². The summed E-state index contributed by atoms with van der Waals surface area (Å²) in [7, 11) is 0. The van der Waals surface area contributed by atoms with Gasteiger partial charge in [0.25, 0.3) is 0 Å². The molecule has 18 heavy (non-hydrogen) atoms. The summed E-state index contributed by atoms with van der Waals surface area (Å²) in [6.07, 6.45) is 1.79. The number of carbonyl (C=O) groups is 2. The average Bonchev–Trinajstić information content (AvgIpc) is 2.99. The maximum atomic E-state index is 12.0. The van der Waals surface area contributed by atoms with Crippen molar-refractivity contribution in [2.45, 2.75) is 31.8 Å². The third-order valence-electron chi connectivity index (χ3n) is 2.86. The van der Waals surface area contributed by atoms with Gasteiger partial charge in [-0.3, -0.25) is 4.79 Å². The molecule has 1 saturated carbocycles. The number of hydrogen-bond donors (Lipinski definition) is 2. The lowest BCUT2D eigenvalue weighted by Crippen LogP contribution is -2.44. The van der Waals surface area contributed by atoms with Gasteiger partial charge >= 0.3 is 12.0 Å². The van der Waals surface area contributed by atoms with Crippen LogP contribution in [0.3, 0.4) is 0 Å². The lowest BCUT2D eigenvalue weighted by molar-refractivity contribution is -0.137. The Morgan fingerprint density at radius 3 is 2.83 bits per heavy atom. The molecule has 1 aromatic rings. The molecule has 6 heteroatoms. The summed E-state index contributed by atoms with van der Waals surface area (Å²) in [5, 5.41) is 13.6. The zero-order valence-corrected chi connectivity index (χ0v) is 10.9. The van der Waals surface area contributed by atoms with Crippen LogP contribution in [0.1, 0.15) is 30.7 Å². The van der Waals surface area contributed by atoms with Crippen LogP contribution in [0.15, 0.2) is 17.5 Å². The largest absolute Gasteiger partial charge is 0.480 e. The van der Waals surface area contributed by atoms with Gasteiger partial charge in [0.05, 0.1) is 6.04 Å². The van der Waals surface area contributed by atoms with Crippen LogP contribution < -0.4 is 5.32 Å². The van der Waals surface area contributed by atoms with E-state index >= 15 is 0 Å². The highest BCUT2D eigenvalue weighted by molar-refractivity contribution is 7.10. The number of aliphatic carboxylic acids is 1. The van der Waals surface area contributed by atoms with Crippen molar-refractivity contribution in [2.24, 2.45) is 0 Å². The monoisotopic (exact) mass is 268 g/mol. The molecule has 1 heterocycles. The lowest BCUT2D eigenvalue weighted by Gasteiger charge is -2.23. The molecule has 0 aromatic carbocycles. The van der Waals surface area contributed by atoms with E-state index in [1.807, 2.05) is 24.4 Å². The molecule has 0 bridgehead atoms. The number of carboxylic acid groups (broad SMARTS) is 1. The van der Waals surface area contributed by atoms with Gasteiger partial charge in [0, 0.05) is 10.9 Å². The van der Waals surface area contributed by atoms with Gasteiger partial charge in [-0.15, -0.1) is 11.3 Å². The Morgan fingerprint density at radius 2 is 2.33 bits per heavy atom. The van der Waals surface area contributed by atoms with Crippen LogP contribution in [0.2, 0.25) is 0 Å². The third kappa shape index (κ3) is 3.22. The van der Waals surface area contributed by atoms with Gasteiger partial charge in [0.1, 0.15) is 6.54 Å². The first-order chi connectivity index (χ1) is 8.58. The van der Waals surface area contributed by atoms with E-state index in [4.69, 9.17) is 5.11 Å². The summed E-state index contributed by atoms with van der Waals surface area (Å²) < 4.78 is 0. The van der Waals surface area contributed by atoms with Crippen LogP contribution in [-0.2, 0) is 4.79 Å². The summed E-state index contributed by atoms with van der Waals surface area (Å²) in [6.45, 7) is 1.67. The molecule has 1 aliphatic rings. The predicted octanol–water partition coefficient (Wildman–Crippen LogP) is 2.07. The highest BCUT2D eigenvalue weighted by atomic mass is 32.1. The molecule has 0 aliphatic heterocycles. The van der Waals surface area contributed by atoms with Crippen LogP contribution in [0.25, 0.3) is 0 Å². The quantitative estimate of drug-likeness (QED) is 0.859. The zero-order chi connectivity index (χ0) is 13.1. The first kappa shape index (κ1) is 12.9. The topological polar surface area (TPSA) is 69.6 Å². The van der Waals surface area contributed by atoms with Crippen molar-refractivity contribution in [1.29, 1.82) is 0 Å². The Balaban J connectivity index is 1.94. The molecule has 5 nitrogen and oxygen atoms in total. The number of rotatable bonds is 5. The first-order valence-electron chi connectivity index (χ1n) is 5.90. The number of carboxylic acids is 1. The fourth-order valence-electron chi connectivity index (χ4n) is 1.78. The fourth-order valence-corrected chi connectivity index (χ4v) is 2.51. The summed E-state index contributed by atoms with van der Waals surface area (Å²) in [6, 6.07) is 3.59. The molecule has 1 aliphatic carbocycles. The van der Waals surface area contributed by atoms with E-state index in [0.29, 0.717) is 0 Å². The average molecular weight is 268 g/mol. The van der Waals surface area contributed by atoms with Crippen molar-refractivity contribution in [3.63, 3.8) is 0 Å². The van der Waals surface area contributed by atoms with E-state index in [9.17, 15) is 9.59 Å². The zero-order valence-electron chi connectivity index (χ0n) is 10.1. The molecule has 1 unspecified atom stereocenters. The number of urea groups is 1. The normalized spacial score (nSPS) is 16.1. The predicted molar refractivity (Wildman–Crippen MR) is 68.6 cm³/mol. The van der Waals surface area contributed by atoms with Crippen molar-refractivity contribution in [3.05, 3.63) is 22.4 Å². The highest BCUT2D eigenvalue weighted by Crippen LogP contribution is 2.27. The maximum Gasteiger partial charge on any atom is 0.323 e. The summed E-state index contributed by atoms with van der Waals surface area (Å²) in [5.41, 5.74) is 0. The lowest BCUT2D eigenvalue weighted by atomic mass is 10.3. The smallest absolute Gasteiger partial charge is 0.323 e. The second-order valence-electron chi connectivity index (χ2n) is 4.44. The first-order valence-corrected chi connectivity index (χ1v) is 6.78. The molecule has 2 amide bonds. The molecule has 0 spiro atoms. The third-order valence-corrected chi connectivity index (χ3v) is 3.92. The molecule has 98 valence electrons. The van der Waals surface area contributed by atoms with Crippen molar-refractivity contribution < 1.29 is 14.7 Å². The molecule has 1 aromatic heterocycles. The van der Waals surface area contributed by atoms with Crippen LogP contribution in [-0.4, -0.2) is 34.6 Å². The van der Waals surface area contributed by atoms with Crippen molar-refractivity contribution in [2.75, 3.05) is 6.54 Å². The molecule has 1 fully saturated rings. The fraction of sp³-hybridized carbons (Fsp3) is 0.500.